The van der Waals surface area contributed by atoms with E-state index in [0.717, 1.165) is 35.1 Å². The minimum absolute atomic E-state index is 0.00492. The monoisotopic (exact) mass is 564 g/mol. The maximum Gasteiger partial charge on any atom is 0.317 e. The molecule has 2 atom stereocenters. The topological polar surface area (TPSA) is 82.2 Å². The molecule has 8 nitrogen and oxygen atoms in total. The summed E-state index contributed by atoms with van der Waals surface area (Å²) in [6.45, 7) is 6.14. The fourth-order valence-corrected chi connectivity index (χ4v) is 5.46. The largest absolute Gasteiger partial charge is 0.383 e. The van der Waals surface area contributed by atoms with E-state index in [-0.39, 0.29) is 17.8 Å². The minimum Gasteiger partial charge on any atom is -0.383 e. The molecule has 1 heterocycles. The van der Waals surface area contributed by atoms with Crippen molar-refractivity contribution in [2.45, 2.75) is 77.4 Å². The van der Waals surface area contributed by atoms with Crippen molar-refractivity contribution in [2.75, 3.05) is 40.9 Å². The average molecular weight is 565 g/mol. The Morgan fingerprint density at radius 1 is 0.951 bits per heavy atom. The summed E-state index contributed by atoms with van der Waals surface area (Å²) < 4.78 is 5.16. The molecule has 1 fully saturated rings. The van der Waals surface area contributed by atoms with Crippen molar-refractivity contribution < 1.29 is 19.1 Å². The van der Waals surface area contributed by atoms with Gasteiger partial charge >= 0.3 is 6.03 Å². The number of ether oxygens (including phenoxy) is 1. The van der Waals surface area contributed by atoms with E-state index in [1.54, 1.807) is 35.9 Å². The lowest BCUT2D eigenvalue weighted by molar-refractivity contribution is -0.159. The number of carbonyl (C=O) groups excluding carboxylic acids is 3. The van der Waals surface area contributed by atoms with Gasteiger partial charge in [0.15, 0.2) is 0 Å². The van der Waals surface area contributed by atoms with Gasteiger partial charge in [0.1, 0.15) is 12.1 Å². The first kappa shape index (κ1) is 32.1. The molecule has 0 spiro atoms. The van der Waals surface area contributed by atoms with Crippen LogP contribution in [-0.2, 0) is 27.3 Å². The van der Waals surface area contributed by atoms with Gasteiger partial charge in [0.2, 0.25) is 11.8 Å². The molecule has 224 valence electrons. The van der Waals surface area contributed by atoms with Crippen molar-refractivity contribution in [3.63, 3.8) is 0 Å². The number of amides is 4. The second kappa shape index (κ2) is 16.2. The Hall–Kier alpha value is -3.39. The van der Waals surface area contributed by atoms with E-state index < -0.39 is 12.1 Å². The molecule has 1 N–H and O–H groups in total. The molecule has 0 bridgehead atoms. The van der Waals surface area contributed by atoms with Crippen LogP contribution >= 0.6 is 0 Å². The summed E-state index contributed by atoms with van der Waals surface area (Å²) in [5.41, 5.74) is 4.15. The normalized spacial score (nSPS) is 17.2. The van der Waals surface area contributed by atoms with Crippen LogP contribution in [0.3, 0.4) is 0 Å². The second-order valence-electron chi connectivity index (χ2n) is 11.0. The van der Waals surface area contributed by atoms with Gasteiger partial charge in [0.25, 0.3) is 0 Å². The lowest BCUT2D eigenvalue weighted by atomic mass is 9.96. The number of hydrogen-bond donors (Lipinski definition) is 1. The van der Waals surface area contributed by atoms with E-state index in [1.807, 2.05) is 31.2 Å². The Morgan fingerprint density at radius 2 is 1.66 bits per heavy atom. The predicted octanol–water partition coefficient (Wildman–Crippen LogP) is 5.10. The summed E-state index contributed by atoms with van der Waals surface area (Å²) in [4.78, 5) is 44.0. The van der Waals surface area contributed by atoms with Gasteiger partial charge in [-0.2, -0.15) is 0 Å². The molecule has 2 aromatic rings. The molecule has 1 saturated heterocycles. The molecule has 1 aliphatic heterocycles. The number of urea groups is 1. The maximum absolute atomic E-state index is 13.5. The molecule has 4 amide bonds. The van der Waals surface area contributed by atoms with E-state index >= 15 is 0 Å². The van der Waals surface area contributed by atoms with Gasteiger partial charge in [-0.3, -0.25) is 9.59 Å². The Morgan fingerprint density at radius 3 is 2.34 bits per heavy atom. The van der Waals surface area contributed by atoms with Gasteiger partial charge in [0.05, 0.1) is 6.61 Å². The van der Waals surface area contributed by atoms with E-state index in [2.05, 4.69) is 36.5 Å². The number of unbranched alkanes of at least 4 members (excludes halogenated alkanes) is 5. The van der Waals surface area contributed by atoms with Crippen molar-refractivity contribution in [3.05, 3.63) is 59.7 Å². The third-order valence-electron chi connectivity index (χ3n) is 8.04. The van der Waals surface area contributed by atoms with Crippen LogP contribution < -0.4 is 5.32 Å². The van der Waals surface area contributed by atoms with E-state index in [4.69, 9.17) is 4.74 Å². The van der Waals surface area contributed by atoms with Gasteiger partial charge in [-0.15, -0.1) is 0 Å². The van der Waals surface area contributed by atoms with Crippen LogP contribution in [-0.4, -0.2) is 85.5 Å². The molecule has 0 aliphatic carbocycles. The summed E-state index contributed by atoms with van der Waals surface area (Å²) in [5, 5.41) is 2.69. The van der Waals surface area contributed by atoms with Crippen LogP contribution in [0.4, 0.5) is 4.79 Å². The van der Waals surface area contributed by atoms with Gasteiger partial charge < -0.3 is 24.8 Å². The van der Waals surface area contributed by atoms with Crippen LogP contribution in [0.5, 0.6) is 0 Å². The van der Waals surface area contributed by atoms with Gasteiger partial charge in [0, 0.05) is 47.3 Å². The van der Waals surface area contributed by atoms with Crippen molar-refractivity contribution in [1.82, 2.24) is 20.0 Å². The molecular formula is C33H48N4O4. The fraction of sp³-hybridized carbons (Fsp3) is 0.545. The summed E-state index contributed by atoms with van der Waals surface area (Å²) >= 11 is 0. The Labute approximate surface area is 246 Å². The number of likely N-dealkylation sites (N-methyl/N-ethyl adjacent to an activating group) is 1. The minimum atomic E-state index is -0.490. The summed E-state index contributed by atoms with van der Waals surface area (Å²) in [6, 6.07) is 15.3. The summed E-state index contributed by atoms with van der Waals surface area (Å²) in [7, 11) is 5.00. The Kier molecular flexibility index (Phi) is 12.7. The number of nitrogens with zero attached hydrogens (tertiary/aromatic N) is 3. The van der Waals surface area contributed by atoms with E-state index in [9.17, 15) is 14.4 Å². The molecule has 8 heteroatoms. The third kappa shape index (κ3) is 8.80. The zero-order valence-electron chi connectivity index (χ0n) is 25.5. The van der Waals surface area contributed by atoms with E-state index in [1.165, 1.54) is 25.7 Å². The van der Waals surface area contributed by atoms with Crippen molar-refractivity contribution in [2.24, 2.45) is 0 Å². The van der Waals surface area contributed by atoms with Crippen molar-refractivity contribution >= 4 is 17.8 Å². The molecule has 2 aromatic carbocycles. The number of carbonyl (C=O) groups is 3. The van der Waals surface area contributed by atoms with Gasteiger partial charge in [-0.05, 0) is 41.7 Å². The average Bonchev–Trinajstić information content (AvgIpc) is 2.99. The molecule has 3 rings (SSSR count). The first-order valence-electron chi connectivity index (χ1n) is 15.0. The quantitative estimate of drug-likeness (QED) is 0.305. The maximum atomic E-state index is 13.5. The summed E-state index contributed by atoms with van der Waals surface area (Å²) in [5.74, 6) is 0.0457. The second-order valence-corrected chi connectivity index (χ2v) is 11.0. The SMILES string of the molecule is CCCCCCCCN1C(=O)C(Cc2ccc(-c3cccc(CN(CCOC)C(=O)NC)c3)cc2)N(C)C(=O)[C@@H]1C. The molecule has 0 saturated carbocycles. The van der Waals surface area contributed by atoms with E-state index in [0.29, 0.717) is 32.7 Å². The number of piperazine rings is 1. The first-order valence-corrected chi connectivity index (χ1v) is 15.0. The van der Waals surface area contributed by atoms with Gasteiger partial charge in [-0.25, -0.2) is 4.79 Å². The van der Waals surface area contributed by atoms with Crippen LogP contribution in [0.1, 0.15) is 63.5 Å². The number of nitrogens with one attached hydrogen (secondary N) is 1. The lowest BCUT2D eigenvalue weighted by Crippen LogP contribution is -2.63. The number of rotatable bonds is 15. The van der Waals surface area contributed by atoms with Crippen LogP contribution in [0.2, 0.25) is 0 Å². The lowest BCUT2D eigenvalue weighted by Gasteiger charge is -2.42. The first-order chi connectivity index (χ1) is 19.8. The predicted molar refractivity (Wildman–Crippen MR) is 163 cm³/mol. The highest BCUT2D eigenvalue weighted by Gasteiger charge is 2.41. The molecule has 1 aliphatic rings. The highest BCUT2D eigenvalue weighted by atomic mass is 16.5. The summed E-state index contributed by atoms with van der Waals surface area (Å²) in [6.07, 6.45) is 7.38. The molecule has 1 unspecified atom stereocenters. The number of methoxy groups -OCH3 is 1. The van der Waals surface area contributed by atoms with Crippen LogP contribution in [0.15, 0.2) is 48.5 Å². The molecule has 41 heavy (non-hydrogen) atoms. The van der Waals surface area contributed by atoms with Crippen molar-refractivity contribution in [3.8, 4) is 11.1 Å². The highest BCUT2D eigenvalue weighted by molar-refractivity contribution is 5.96. The van der Waals surface area contributed by atoms with Crippen molar-refractivity contribution in [1.29, 1.82) is 0 Å². The zero-order valence-corrected chi connectivity index (χ0v) is 25.5. The number of hydrogen-bond acceptors (Lipinski definition) is 4. The van der Waals surface area contributed by atoms with Crippen LogP contribution in [0.25, 0.3) is 11.1 Å². The van der Waals surface area contributed by atoms with Gasteiger partial charge in [-0.1, -0.05) is 81.5 Å². The smallest absolute Gasteiger partial charge is 0.317 e. The standard InChI is InChI=1S/C33H48N4O4/c1-6-7-8-9-10-11-19-37-25(2)31(38)35(4)30(32(37)39)23-26-15-17-28(18-16-26)29-14-12-13-27(22-29)24-36(20-21-41-5)33(40)34-3/h12-18,22,25,30H,6-11,19-21,23-24H2,1-5H3,(H,34,40)/t25-,30?/m0/s1. The zero-order chi connectivity index (χ0) is 29.8. The number of benzene rings is 2. The van der Waals surface area contributed by atoms with Crippen LogP contribution in [0, 0.1) is 0 Å². The Bertz CT molecular complexity index is 1140. The highest BCUT2D eigenvalue weighted by Crippen LogP contribution is 2.25. The fourth-order valence-electron chi connectivity index (χ4n) is 5.46. The molecule has 0 aromatic heterocycles. The Balaban J connectivity index is 1.66. The third-order valence-corrected chi connectivity index (χ3v) is 8.04. The molecular weight excluding hydrogens is 516 g/mol. The molecule has 0 radical (unpaired) electrons.